The van der Waals surface area contributed by atoms with Crippen LogP contribution < -0.4 is 4.72 Å². The predicted molar refractivity (Wildman–Crippen MR) is 68.7 cm³/mol. The van der Waals surface area contributed by atoms with Gasteiger partial charge in [0.15, 0.2) is 0 Å². The van der Waals surface area contributed by atoms with Gasteiger partial charge in [0.05, 0.1) is 0 Å². The molecule has 0 fully saturated rings. The lowest BCUT2D eigenvalue weighted by Gasteiger charge is -2.04. The first-order valence-corrected chi connectivity index (χ1v) is 7.04. The van der Waals surface area contributed by atoms with Crippen molar-refractivity contribution in [2.45, 2.75) is 58.8 Å². The van der Waals surface area contributed by atoms with Crippen molar-refractivity contribution in [1.82, 2.24) is 4.72 Å². The third-order valence-corrected chi connectivity index (χ3v) is 3.20. The van der Waals surface area contributed by atoms with Crippen LogP contribution in [0.15, 0.2) is 0 Å². The number of rotatable bonds is 10. The Morgan fingerprint density at radius 2 is 1.50 bits per heavy atom. The molecule has 0 rings (SSSR count). The first-order valence-electron chi connectivity index (χ1n) is 6.06. The SMILES string of the molecule is CNSCCCCCCCCC(C)C. The zero-order valence-corrected chi connectivity index (χ0v) is 11.0. The molecule has 0 bridgehead atoms. The normalized spacial score (nSPS) is 11.1. The van der Waals surface area contributed by atoms with E-state index in [4.69, 9.17) is 0 Å². The van der Waals surface area contributed by atoms with Crippen molar-refractivity contribution in [2.24, 2.45) is 5.92 Å². The average molecular weight is 217 g/mol. The number of hydrogen-bond donors (Lipinski definition) is 1. The van der Waals surface area contributed by atoms with Gasteiger partial charge < -0.3 is 0 Å². The lowest BCUT2D eigenvalue weighted by molar-refractivity contribution is 0.514. The van der Waals surface area contributed by atoms with Crippen LogP contribution in [0.4, 0.5) is 0 Å². The van der Waals surface area contributed by atoms with Gasteiger partial charge in [0, 0.05) is 5.75 Å². The third-order valence-electron chi connectivity index (χ3n) is 2.42. The summed E-state index contributed by atoms with van der Waals surface area (Å²) in [5.74, 6) is 2.16. The largest absolute Gasteiger partial charge is 0.267 e. The van der Waals surface area contributed by atoms with E-state index < -0.39 is 0 Å². The van der Waals surface area contributed by atoms with E-state index in [-0.39, 0.29) is 0 Å². The van der Waals surface area contributed by atoms with Crippen molar-refractivity contribution in [1.29, 1.82) is 0 Å². The van der Waals surface area contributed by atoms with Crippen LogP contribution in [0.25, 0.3) is 0 Å². The molecule has 0 aliphatic carbocycles. The van der Waals surface area contributed by atoms with Gasteiger partial charge in [-0.2, -0.15) is 0 Å². The van der Waals surface area contributed by atoms with Crippen LogP contribution in [0.3, 0.4) is 0 Å². The molecule has 0 amide bonds. The molecule has 0 atom stereocenters. The van der Waals surface area contributed by atoms with Gasteiger partial charge in [-0.05, 0) is 19.4 Å². The maximum absolute atomic E-state index is 3.11. The van der Waals surface area contributed by atoms with E-state index in [0.717, 1.165) is 5.92 Å². The summed E-state index contributed by atoms with van der Waals surface area (Å²) in [4.78, 5) is 0. The van der Waals surface area contributed by atoms with Crippen LogP contribution in [0.2, 0.25) is 0 Å². The molecular formula is C12H27NS. The van der Waals surface area contributed by atoms with E-state index in [1.54, 1.807) is 0 Å². The van der Waals surface area contributed by atoms with Gasteiger partial charge in [-0.15, -0.1) is 0 Å². The molecule has 0 radical (unpaired) electrons. The lowest BCUT2D eigenvalue weighted by Crippen LogP contribution is -1.93. The molecule has 0 aliphatic rings. The topological polar surface area (TPSA) is 12.0 Å². The fourth-order valence-electron chi connectivity index (χ4n) is 1.54. The lowest BCUT2D eigenvalue weighted by atomic mass is 10.0. The monoisotopic (exact) mass is 217 g/mol. The van der Waals surface area contributed by atoms with Crippen LogP contribution in [0, 0.1) is 5.92 Å². The molecule has 86 valence electrons. The first-order chi connectivity index (χ1) is 6.77. The minimum absolute atomic E-state index is 0.891. The highest BCUT2D eigenvalue weighted by molar-refractivity contribution is 7.97. The highest BCUT2D eigenvalue weighted by atomic mass is 32.2. The van der Waals surface area contributed by atoms with E-state index in [0.29, 0.717) is 0 Å². The van der Waals surface area contributed by atoms with Gasteiger partial charge >= 0.3 is 0 Å². The Labute approximate surface area is 94.6 Å². The summed E-state index contributed by atoms with van der Waals surface area (Å²) in [6, 6.07) is 0. The standard InChI is InChI=1S/C12H27NS/c1-12(2)10-8-6-4-5-7-9-11-14-13-3/h12-13H,4-11H2,1-3H3. The van der Waals surface area contributed by atoms with Crippen molar-refractivity contribution in [2.75, 3.05) is 12.8 Å². The van der Waals surface area contributed by atoms with Gasteiger partial charge in [0.2, 0.25) is 0 Å². The smallest absolute Gasteiger partial charge is 0.00785 e. The molecule has 0 aromatic carbocycles. The Kier molecular flexibility index (Phi) is 11.6. The number of nitrogens with one attached hydrogen (secondary N) is 1. The average Bonchev–Trinajstić information content (AvgIpc) is 2.15. The van der Waals surface area contributed by atoms with Crippen molar-refractivity contribution in [3.8, 4) is 0 Å². The Hall–Kier alpha value is 0.310. The van der Waals surface area contributed by atoms with Crippen molar-refractivity contribution in [3.05, 3.63) is 0 Å². The van der Waals surface area contributed by atoms with Gasteiger partial charge in [0.1, 0.15) is 0 Å². The van der Waals surface area contributed by atoms with E-state index in [2.05, 4.69) is 18.6 Å². The molecule has 0 heterocycles. The first kappa shape index (κ1) is 14.3. The molecular weight excluding hydrogens is 190 g/mol. The van der Waals surface area contributed by atoms with Crippen LogP contribution in [-0.4, -0.2) is 12.8 Å². The summed E-state index contributed by atoms with van der Waals surface area (Å²) >= 11 is 1.83. The minimum Gasteiger partial charge on any atom is -0.267 e. The van der Waals surface area contributed by atoms with Crippen molar-refractivity contribution in [3.63, 3.8) is 0 Å². The summed E-state index contributed by atoms with van der Waals surface area (Å²) in [7, 11) is 2.00. The molecule has 0 saturated carbocycles. The Balaban J connectivity index is 2.85. The van der Waals surface area contributed by atoms with Crippen LogP contribution in [-0.2, 0) is 0 Å². The van der Waals surface area contributed by atoms with Crippen LogP contribution >= 0.6 is 11.9 Å². The van der Waals surface area contributed by atoms with Gasteiger partial charge in [0.25, 0.3) is 0 Å². The Morgan fingerprint density at radius 3 is 2.07 bits per heavy atom. The molecule has 2 heteroatoms. The van der Waals surface area contributed by atoms with Gasteiger partial charge in [-0.25, -0.2) is 0 Å². The second-order valence-electron chi connectivity index (χ2n) is 4.36. The van der Waals surface area contributed by atoms with E-state index in [1.165, 1.54) is 50.7 Å². The maximum atomic E-state index is 3.11. The summed E-state index contributed by atoms with van der Waals surface area (Å²) in [5, 5.41) is 0. The Bertz CT molecular complexity index is 104. The number of hydrogen-bond acceptors (Lipinski definition) is 2. The summed E-state index contributed by atoms with van der Waals surface area (Å²) in [6.07, 6.45) is 9.95. The fraction of sp³-hybridized carbons (Fsp3) is 1.00. The zero-order chi connectivity index (χ0) is 10.6. The van der Waals surface area contributed by atoms with Crippen molar-refractivity contribution < 1.29 is 0 Å². The zero-order valence-electron chi connectivity index (χ0n) is 10.1. The third kappa shape index (κ3) is 12.3. The van der Waals surface area contributed by atoms with Gasteiger partial charge in [-0.3, -0.25) is 4.72 Å². The van der Waals surface area contributed by atoms with E-state index >= 15 is 0 Å². The fourth-order valence-corrected chi connectivity index (χ4v) is 2.09. The molecule has 1 nitrogen and oxygen atoms in total. The molecule has 0 aromatic rings. The predicted octanol–water partition coefficient (Wildman–Crippen LogP) is 4.24. The minimum atomic E-state index is 0.891. The molecule has 0 aliphatic heterocycles. The maximum Gasteiger partial charge on any atom is 0.00785 e. The highest BCUT2D eigenvalue weighted by Gasteiger charge is 1.94. The molecule has 0 unspecified atom stereocenters. The molecule has 14 heavy (non-hydrogen) atoms. The highest BCUT2D eigenvalue weighted by Crippen LogP contribution is 2.11. The van der Waals surface area contributed by atoms with Crippen LogP contribution in [0.1, 0.15) is 58.8 Å². The quantitative estimate of drug-likeness (QED) is 0.434. The summed E-state index contributed by atoms with van der Waals surface area (Å²) < 4.78 is 3.11. The second-order valence-corrected chi connectivity index (χ2v) is 5.46. The molecule has 0 spiro atoms. The van der Waals surface area contributed by atoms with Crippen molar-refractivity contribution >= 4 is 11.9 Å². The summed E-state index contributed by atoms with van der Waals surface area (Å²) in [5.41, 5.74) is 0. The second kappa shape index (κ2) is 11.4. The Morgan fingerprint density at radius 1 is 0.929 bits per heavy atom. The van der Waals surface area contributed by atoms with Crippen LogP contribution in [0.5, 0.6) is 0 Å². The van der Waals surface area contributed by atoms with Gasteiger partial charge in [-0.1, -0.05) is 64.3 Å². The number of unbranched alkanes of at least 4 members (excludes halogenated alkanes) is 5. The molecule has 1 N–H and O–H groups in total. The molecule has 0 aromatic heterocycles. The van der Waals surface area contributed by atoms with E-state index in [9.17, 15) is 0 Å². The van der Waals surface area contributed by atoms with E-state index in [1.807, 2.05) is 19.0 Å². The summed E-state index contributed by atoms with van der Waals surface area (Å²) in [6.45, 7) is 4.63. The molecule has 0 saturated heterocycles.